The molecule has 0 bridgehead atoms. The van der Waals surface area contributed by atoms with Gasteiger partial charge in [0.2, 0.25) is 0 Å². The molecule has 3 heteroatoms. The molecule has 0 aliphatic carbocycles. The monoisotopic (exact) mass is 214 g/mol. The second-order valence-corrected chi connectivity index (χ2v) is 5.49. The van der Waals surface area contributed by atoms with Crippen molar-refractivity contribution >= 4 is 0 Å². The molecule has 90 valence electrons. The first-order chi connectivity index (χ1) is 7.06. The lowest BCUT2D eigenvalue weighted by molar-refractivity contribution is 0.102. The highest BCUT2D eigenvalue weighted by Crippen LogP contribution is 2.32. The van der Waals surface area contributed by atoms with Gasteiger partial charge in [0.15, 0.2) is 0 Å². The summed E-state index contributed by atoms with van der Waals surface area (Å²) in [6.07, 6.45) is 2.67. The van der Waals surface area contributed by atoms with Crippen LogP contribution in [0.3, 0.4) is 0 Å². The molecule has 3 nitrogen and oxygen atoms in total. The number of nitrogens with zero attached hydrogens (tertiary/aromatic N) is 1. The molecule has 1 atom stereocenters. The van der Waals surface area contributed by atoms with E-state index in [9.17, 15) is 0 Å². The highest BCUT2D eigenvalue weighted by molar-refractivity contribution is 4.85. The van der Waals surface area contributed by atoms with Crippen LogP contribution in [0, 0.1) is 11.3 Å². The van der Waals surface area contributed by atoms with Crippen molar-refractivity contribution in [1.82, 2.24) is 10.2 Å². The standard InChI is InChI=1S/C12H26N2O/c1-12(2,10-13-6-8-15)11-5-4-7-14(3)9-11/h11,13,15H,4-10H2,1-3H3. The Kier molecular flexibility index (Phi) is 5.03. The first-order valence-electron chi connectivity index (χ1n) is 6.06. The number of piperidine rings is 1. The Bertz CT molecular complexity index is 182. The summed E-state index contributed by atoms with van der Waals surface area (Å²) in [6, 6.07) is 0. The number of nitrogens with one attached hydrogen (secondary N) is 1. The first kappa shape index (κ1) is 12.9. The largest absolute Gasteiger partial charge is 0.395 e. The summed E-state index contributed by atoms with van der Waals surface area (Å²) < 4.78 is 0. The molecule has 0 saturated carbocycles. The summed E-state index contributed by atoms with van der Waals surface area (Å²) in [5.41, 5.74) is 0.337. The van der Waals surface area contributed by atoms with Gasteiger partial charge in [-0.05, 0) is 37.8 Å². The van der Waals surface area contributed by atoms with E-state index in [1.165, 1.54) is 25.9 Å². The van der Waals surface area contributed by atoms with E-state index in [1.807, 2.05) is 0 Å². The van der Waals surface area contributed by atoms with Crippen LogP contribution in [0.1, 0.15) is 26.7 Å². The molecule has 15 heavy (non-hydrogen) atoms. The Morgan fingerprint density at radius 2 is 2.20 bits per heavy atom. The summed E-state index contributed by atoms with van der Waals surface area (Å²) in [6.45, 7) is 9.09. The highest BCUT2D eigenvalue weighted by Gasteiger charge is 2.31. The average Bonchev–Trinajstić information content (AvgIpc) is 2.18. The van der Waals surface area contributed by atoms with Crippen molar-refractivity contribution in [1.29, 1.82) is 0 Å². The first-order valence-corrected chi connectivity index (χ1v) is 6.06. The van der Waals surface area contributed by atoms with Crippen LogP contribution >= 0.6 is 0 Å². The van der Waals surface area contributed by atoms with Crippen LogP contribution in [0.5, 0.6) is 0 Å². The van der Waals surface area contributed by atoms with Crippen LogP contribution in [0.25, 0.3) is 0 Å². The quantitative estimate of drug-likeness (QED) is 0.669. The zero-order valence-electron chi connectivity index (χ0n) is 10.4. The Labute approximate surface area is 93.9 Å². The minimum atomic E-state index is 0.237. The third-order valence-electron chi connectivity index (χ3n) is 3.60. The fourth-order valence-corrected chi connectivity index (χ4v) is 2.44. The Morgan fingerprint density at radius 3 is 2.80 bits per heavy atom. The van der Waals surface area contributed by atoms with E-state index in [4.69, 9.17) is 5.11 Å². The molecule has 2 N–H and O–H groups in total. The molecular weight excluding hydrogens is 188 g/mol. The number of rotatable bonds is 5. The zero-order valence-corrected chi connectivity index (χ0v) is 10.4. The maximum Gasteiger partial charge on any atom is 0.0555 e. The molecule has 1 saturated heterocycles. The topological polar surface area (TPSA) is 35.5 Å². The van der Waals surface area contributed by atoms with Gasteiger partial charge in [0, 0.05) is 19.6 Å². The number of hydrogen-bond donors (Lipinski definition) is 2. The second kappa shape index (κ2) is 5.83. The van der Waals surface area contributed by atoms with Gasteiger partial charge in [0.25, 0.3) is 0 Å². The number of likely N-dealkylation sites (tertiary alicyclic amines) is 1. The molecule has 1 fully saturated rings. The molecule has 1 unspecified atom stereocenters. The van der Waals surface area contributed by atoms with Crippen LogP contribution in [0.4, 0.5) is 0 Å². The van der Waals surface area contributed by atoms with E-state index < -0.39 is 0 Å². The molecule has 0 aromatic carbocycles. The lowest BCUT2D eigenvalue weighted by atomic mass is 9.74. The lowest BCUT2D eigenvalue weighted by Crippen LogP contribution is -2.44. The molecule has 1 aliphatic heterocycles. The van der Waals surface area contributed by atoms with Crippen molar-refractivity contribution in [3.63, 3.8) is 0 Å². The Morgan fingerprint density at radius 1 is 1.47 bits per heavy atom. The average molecular weight is 214 g/mol. The molecule has 0 radical (unpaired) electrons. The third kappa shape index (κ3) is 4.09. The summed E-state index contributed by atoms with van der Waals surface area (Å²) in [4.78, 5) is 2.43. The van der Waals surface area contributed by atoms with E-state index in [-0.39, 0.29) is 6.61 Å². The van der Waals surface area contributed by atoms with E-state index in [0.29, 0.717) is 12.0 Å². The number of aliphatic hydroxyl groups excluding tert-OH is 1. The summed E-state index contributed by atoms with van der Waals surface area (Å²) in [7, 11) is 2.21. The van der Waals surface area contributed by atoms with Crippen LogP contribution in [-0.4, -0.2) is 49.8 Å². The van der Waals surface area contributed by atoms with E-state index >= 15 is 0 Å². The van der Waals surface area contributed by atoms with Gasteiger partial charge in [-0.25, -0.2) is 0 Å². The van der Waals surface area contributed by atoms with Crippen molar-refractivity contribution in [3.05, 3.63) is 0 Å². The van der Waals surface area contributed by atoms with E-state index in [1.54, 1.807) is 0 Å². The van der Waals surface area contributed by atoms with Crippen molar-refractivity contribution in [2.75, 3.05) is 39.8 Å². The minimum Gasteiger partial charge on any atom is -0.395 e. The molecule has 0 spiro atoms. The van der Waals surface area contributed by atoms with Gasteiger partial charge in [-0.3, -0.25) is 0 Å². The summed E-state index contributed by atoms with van der Waals surface area (Å²) in [5.74, 6) is 0.780. The maximum atomic E-state index is 8.74. The fourth-order valence-electron chi connectivity index (χ4n) is 2.44. The third-order valence-corrected chi connectivity index (χ3v) is 3.60. The zero-order chi connectivity index (χ0) is 11.3. The van der Waals surface area contributed by atoms with Gasteiger partial charge in [-0.15, -0.1) is 0 Å². The maximum absolute atomic E-state index is 8.74. The Balaban J connectivity index is 2.37. The second-order valence-electron chi connectivity index (χ2n) is 5.49. The fraction of sp³-hybridized carbons (Fsp3) is 1.00. The van der Waals surface area contributed by atoms with Gasteiger partial charge >= 0.3 is 0 Å². The normalized spacial score (nSPS) is 24.4. The van der Waals surface area contributed by atoms with Gasteiger partial charge in [-0.1, -0.05) is 13.8 Å². The summed E-state index contributed by atoms with van der Waals surface area (Å²) in [5, 5.41) is 12.1. The minimum absolute atomic E-state index is 0.237. The summed E-state index contributed by atoms with van der Waals surface area (Å²) >= 11 is 0. The molecular formula is C12H26N2O. The molecule has 1 aliphatic rings. The van der Waals surface area contributed by atoms with Crippen molar-refractivity contribution < 1.29 is 5.11 Å². The van der Waals surface area contributed by atoms with Gasteiger partial charge in [0.05, 0.1) is 6.61 Å². The van der Waals surface area contributed by atoms with Crippen molar-refractivity contribution in [2.24, 2.45) is 11.3 Å². The smallest absolute Gasteiger partial charge is 0.0555 e. The lowest BCUT2D eigenvalue weighted by Gasteiger charge is -2.40. The number of hydrogen-bond acceptors (Lipinski definition) is 3. The van der Waals surface area contributed by atoms with Crippen LogP contribution in [0.2, 0.25) is 0 Å². The molecule has 1 rings (SSSR count). The van der Waals surface area contributed by atoms with Crippen LogP contribution in [-0.2, 0) is 0 Å². The molecule has 1 heterocycles. The van der Waals surface area contributed by atoms with Crippen molar-refractivity contribution in [2.45, 2.75) is 26.7 Å². The predicted molar refractivity (Wildman–Crippen MR) is 64.0 cm³/mol. The van der Waals surface area contributed by atoms with Crippen LogP contribution in [0.15, 0.2) is 0 Å². The molecule has 0 aromatic rings. The van der Waals surface area contributed by atoms with Gasteiger partial charge < -0.3 is 15.3 Å². The van der Waals surface area contributed by atoms with Crippen LogP contribution < -0.4 is 5.32 Å². The highest BCUT2D eigenvalue weighted by atomic mass is 16.3. The SMILES string of the molecule is CN1CCCC(C(C)(C)CNCCO)C1. The van der Waals surface area contributed by atoms with Gasteiger partial charge in [-0.2, -0.15) is 0 Å². The van der Waals surface area contributed by atoms with Crippen molar-refractivity contribution in [3.8, 4) is 0 Å². The van der Waals surface area contributed by atoms with Gasteiger partial charge in [0.1, 0.15) is 0 Å². The molecule has 0 aromatic heterocycles. The molecule has 0 amide bonds. The van der Waals surface area contributed by atoms with E-state index in [2.05, 4.69) is 31.1 Å². The predicted octanol–water partition coefficient (Wildman–Crippen LogP) is 0.936. The Hall–Kier alpha value is -0.120. The number of aliphatic hydroxyl groups is 1. The van der Waals surface area contributed by atoms with E-state index in [0.717, 1.165) is 12.5 Å².